The Labute approximate surface area is 98.9 Å². The zero-order valence-corrected chi connectivity index (χ0v) is 9.14. The number of hydrogen-bond acceptors (Lipinski definition) is 3. The lowest BCUT2D eigenvalue weighted by Crippen LogP contribution is -2.27. The molecule has 1 aromatic rings. The van der Waals surface area contributed by atoms with Crippen LogP contribution in [-0.4, -0.2) is 28.5 Å². The largest absolute Gasteiger partial charge is 0.478 e. The van der Waals surface area contributed by atoms with Gasteiger partial charge >= 0.3 is 5.97 Å². The van der Waals surface area contributed by atoms with Gasteiger partial charge in [0.2, 0.25) is 0 Å². The van der Waals surface area contributed by atoms with E-state index in [1.54, 1.807) is 0 Å². The van der Waals surface area contributed by atoms with Gasteiger partial charge in [-0.25, -0.2) is 4.79 Å². The van der Waals surface area contributed by atoms with E-state index >= 15 is 0 Å². The number of carboxylic acid groups (broad SMARTS) is 1. The van der Waals surface area contributed by atoms with E-state index in [0.29, 0.717) is 19.4 Å². The highest BCUT2D eigenvalue weighted by molar-refractivity contribution is 6.03. The van der Waals surface area contributed by atoms with Crippen molar-refractivity contribution in [1.29, 1.82) is 0 Å². The third-order valence-electron chi connectivity index (χ3n) is 2.04. The first-order chi connectivity index (χ1) is 8.16. The number of pyridine rings is 1. The molecule has 88 valence electrons. The standard InChI is InChI=1S/C12H12N2O3/c1-2-3-4-7-14-11(15)10-9(12(16)17)6-5-8-13-10/h1,5-6,8H,3-4,7H2,(H,14,15)(H,16,17). The molecule has 1 rings (SSSR count). The molecular weight excluding hydrogens is 220 g/mol. The molecule has 0 saturated carbocycles. The summed E-state index contributed by atoms with van der Waals surface area (Å²) in [6.07, 6.45) is 7.66. The fourth-order valence-electron chi connectivity index (χ4n) is 1.23. The molecule has 2 N–H and O–H groups in total. The molecular formula is C12H12N2O3. The summed E-state index contributed by atoms with van der Waals surface area (Å²) >= 11 is 0. The number of terminal acetylenes is 1. The number of rotatable bonds is 5. The molecule has 0 spiro atoms. The first-order valence-electron chi connectivity index (χ1n) is 5.06. The molecule has 0 bridgehead atoms. The van der Waals surface area contributed by atoms with E-state index < -0.39 is 11.9 Å². The van der Waals surface area contributed by atoms with Gasteiger partial charge in [-0.15, -0.1) is 12.3 Å². The number of nitrogens with one attached hydrogen (secondary N) is 1. The normalized spacial score (nSPS) is 9.35. The van der Waals surface area contributed by atoms with Crippen LogP contribution in [0.15, 0.2) is 18.3 Å². The van der Waals surface area contributed by atoms with Crippen molar-refractivity contribution in [3.63, 3.8) is 0 Å². The molecule has 1 aromatic heterocycles. The van der Waals surface area contributed by atoms with Crippen LogP contribution in [0.25, 0.3) is 0 Å². The molecule has 0 aliphatic carbocycles. The number of carbonyl (C=O) groups is 2. The monoisotopic (exact) mass is 232 g/mol. The predicted octanol–water partition coefficient (Wildman–Crippen LogP) is 0.923. The minimum Gasteiger partial charge on any atom is -0.478 e. The Morgan fingerprint density at radius 2 is 2.29 bits per heavy atom. The van der Waals surface area contributed by atoms with Crippen LogP contribution in [0.5, 0.6) is 0 Å². The smallest absolute Gasteiger partial charge is 0.338 e. The maximum atomic E-state index is 11.6. The van der Waals surface area contributed by atoms with Gasteiger partial charge in [0.05, 0.1) is 5.56 Å². The van der Waals surface area contributed by atoms with Crippen LogP contribution < -0.4 is 5.32 Å². The van der Waals surface area contributed by atoms with Crippen LogP contribution in [0.3, 0.4) is 0 Å². The number of aromatic carboxylic acids is 1. The molecule has 0 saturated heterocycles. The molecule has 0 fully saturated rings. The van der Waals surface area contributed by atoms with Gasteiger partial charge in [-0.05, 0) is 18.6 Å². The van der Waals surface area contributed by atoms with Crippen LogP contribution in [0.2, 0.25) is 0 Å². The highest BCUT2D eigenvalue weighted by Gasteiger charge is 2.16. The van der Waals surface area contributed by atoms with Crippen molar-refractivity contribution in [1.82, 2.24) is 10.3 Å². The van der Waals surface area contributed by atoms with Crippen LogP contribution >= 0.6 is 0 Å². The zero-order chi connectivity index (χ0) is 12.7. The Kier molecular flexibility index (Phi) is 4.70. The minimum absolute atomic E-state index is 0.0827. The lowest BCUT2D eigenvalue weighted by atomic mass is 10.2. The Balaban J connectivity index is 2.69. The van der Waals surface area contributed by atoms with Gasteiger partial charge in [0.1, 0.15) is 5.69 Å². The number of aromatic nitrogens is 1. The summed E-state index contributed by atoms with van der Waals surface area (Å²) in [5.74, 6) is 0.776. The molecule has 17 heavy (non-hydrogen) atoms. The third kappa shape index (κ3) is 3.61. The van der Waals surface area contributed by atoms with E-state index in [4.69, 9.17) is 11.5 Å². The topological polar surface area (TPSA) is 79.3 Å². The molecule has 0 radical (unpaired) electrons. The fourth-order valence-corrected chi connectivity index (χ4v) is 1.23. The van der Waals surface area contributed by atoms with Crippen LogP contribution in [0.4, 0.5) is 0 Å². The number of carbonyl (C=O) groups excluding carboxylic acids is 1. The molecule has 0 atom stereocenters. The number of hydrogen-bond donors (Lipinski definition) is 2. The van der Waals surface area contributed by atoms with Gasteiger partial charge in [0.15, 0.2) is 0 Å². The average molecular weight is 232 g/mol. The van der Waals surface area contributed by atoms with Crippen LogP contribution in [-0.2, 0) is 0 Å². The molecule has 0 aromatic carbocycles. The van der Waals surface area contributed by atoms with Crippen molar-refractivity contribution in [3.05, 3.63) is 29.6 Å². The summed E-state index contributed by atoms with van der Waals surface area (Å²) in [5.41, 5.74) is -0.192. The van der Waals surface area contributed by atoms with E-state index in [0.717, 1.165) is 0 Å². The molecule has 1 amide bonds. The predicted molar refractivity (Wildman–Crippen MR) is 61.6 cm³/mol. The fraction of sp³-hybridized carbons (Fsp3) is 0.250. The van der Waals surface area contributed by atoms with Gasteiger partial charge in [0, 0.05) is 19.2 Å². The van der Waals surface area contributed by atoms with Crippen molar-refractivity contribution in [3.8, 4) is 12.3 Å². The van der Waals surface area contributed by atoms with Crippen molar-refractivity contribution in [2.24, 2.45) is 0 Å². The third-order valence-corrected chi connectivity index (χ3v) is 2.04. The van der Waals surface area contributed by atoms with Crippen molar-refractivity contribution in [2.45, 2.75) is 12.8 Å². The second-order valence-corrected chi connectivity index (χ2v) is 3.27. The minimum atomic E-state index is -1.17. The Morgan fingerprint density at radius 3 is 2.94 bits per heavy atom. The Hall–Kier alpha value is -2.35. The maximum absolute atomic E-state index is 11.6. The average Bonchev–Trinajstić information content (AvgIpc) is 2.34. The second kappa shape index (κ2) is 6.28. The summed E-state index contributed by atoms with van der Waals surface area (Å²) in [6, 6.07) is 2.81. The first-order valence-corrected chi connectivity index (χ1v) is 5.06. The zero-order valence-electron chi connectivity index (χ0n) is 9.14. The van der Waals surface area contributed by atoms with Gasteiger partial charge in [-0.2, -0.15) is 0 Å². The molecule has 1 heterocycles. The summed E-state index contributed by atoms with van der Waals surface area (Å²) in [7, 11) is 0. The van der Waals surface area contributed by atoms with Gasteiger partial charge in [-0.3, -0.25) is 9.78 Å². The maximum Gasteiger partial charge on any atom is 0.338 e. The Bertz CT molecular complexity index is 463. The van der Waals surface area contributed by atoms with E-state index in [1.807, 2.05) is 0 Å². The van der Waals surface area contributed by atoms with Gasteiger partial charge in [0.25, 0.3) is 5.91 Å². The highest BCUT2D eigenvalue weighted by atomic mass is 16.4. The van der Waals surface area contributed by atoms with Crippen molar-refractivity contribution in [2.75, 3.05) is 6.54 Å². The quantitative estimate of drug-likeness (QED) is 0.584. The first kappa shape index (κ1) is 12.7. The summed E-state index contributed by atoms with van der Waals surface area (Å²) in [4.78, 5) is 26.3. The van der Waals surface area contributed by atoms with E-state index in [9.17, 15) is 9.59 Å². The summed E-state index contributed by atoms with van der Waals surface area (Å²) in [6.45, 7) is 0.401. The van der Waals surface area contributed by atoms with Gasteiger partial charge in [-0.1, -0.05) is 0 Å². The summed E-state index contributed by atoms with van der Waals surface area (Å²) < 4.78 is 0. The number of nitrogens with zero attached hydrogens (tertiary/aromatic N) is 1. The van der Waals surface area contributed by atoms with Crippen LogP contribution in [0.1, 0.15) is 33.7 Å². The van der Waals surface area contributed by atoms with E-state index in [-0.39, 0.29) is 11.3 Å². The van der Waals surface area contributed by atoms with Crippen molar-refractivity contribution >= 4 is 11.9 Å². The number of carboxylic acids is 1. The number of unbranched alkanes of at least 4 members (excludes halogenated alkanes) is 1. The number of amides is 1. The highest BCUT2D eigenvalue weighted by Crippen LogP contribution is 2.05. The second-order valence-electron chi connectivity index (χ2n) is 3.27. The molecule has 5 nitrogen and oxygen atoms in total. The lowest BCUT2D eigenvalue weighted by Gasteiger charge is -2.05. The van der Waals surface area contributed by atoms with E-state index in [1.165, 1.54) is 18.3 Å². The molecule has 5 heteroatoms. The lowest BCUT2D eigenvalue weighted by molar-refractivity contribution is 0.0690. The molecule has 0 aliphatic heterocycles. The molecule has 0 unspecified atom stereocenters. The molecule has 0 aliphatic rings. The van der Waals surface area contributed by atoms with Crippen LogP contribution in [0, 0.1) is 12.3 Å². The summed E-state index contributed by atoms with van der Waals surface area (Å²) in [5, 5.41) is 11.4. The SMILES string of the molecule is C#CCCCNC(=O)c1ncccc1C(=O)O. The van der Waals surface area contributed by atoms with Crippen molar-refractivity contribution < 1.29 is 14.7 Å². The van der Waals surface area contributed by atoms with E-state index in [2.05, 4.69) is 16.2 Å². The van der Waals surface area contributed by atoms with Gasteiger partial charge < -0.3 is 10.4 Å². The Morgan fingerprint density at radius 1 is 1.53 bits per heavy atom.